The van der Waals surface area contributed by atoms with E-state index < -0.39 is 11.7 Å². The number of hydrogen-bond donors (Lipinski definition) is 0. The number of carbonyl (C=O) groups excluding carboxylic acids is 1. The largest absolute Gasteiger partial charge is 0.416 e. The molecule has 3 nitrogen and oxygen atoms in total. The second-order valence-electron chi connectivity index (χ2n) is 6.57. The van der Waals surface area contributed by atoms with Crippen molar-refractivity contribution < 1.29 is 18.0 Å². The first kappa shape index (κ1) is 18.3. The predicted octanol–water partition coefficient (Wildman–Crippen LogP) is 4.28. The van der Waals surface area contributed by atoms with Crippen LogP contribution in [0, 0.1) is 13.8 Å². The Morgan fingerprint density at radius 3 is 2.27 bits per heavy atom. The van der Waals surface area contributed by atoms with Gasteiger partial charge in [-0.1, -0.05) is 18.2 Å². The van der Waals surface area contributed by atoms with Gasteiger partial charge in [-0.15, -0.1) is 0 Å². The standard InChI is InChI=1S/C20H21F3N2O/c1-14-5-3-8-18(15(14)2)19(26)25-11-9-24(10-12-25)17-7-4-6-16(13-17)20(21,22)23/h3-8,13H,9-12H2,1-2H3. The quantitative estimate of drug-likeness (QED) is 0.796. The van der Waals surface area contributed by atoms with Crippen molar-refractivity contribution in [1.29, 1.82) is 0 Å². The third-order valence-electron chi connectivity index (χ3n) is 4.94. The van der Waals surface area contributed by atoms with E-state index in [4.69, 9.17) is 0 Å². The number of carbonyl (C=O) groups is 1. The van der Waals surface area contributed by atoms with Gasteiger partial charge in [0.05, 0.1) is 5.56 Å². The number of piperazine rings is 1. The zero-order valence-electron chi connectivity index (χ0n) is 14.8. The molecule has 1 heterocycles. The van der Waals surface area contributed by atoms with E-state index in [0.29, 0.717) is 37.4 Å². The van der Waals surface area contributed by atoms with Gasteiger partial charge in [0.25, 0.3) is 5.91 Å². The van der Waals surface area contributed by atoms with E-state index in [0.717, 1.165) is 17.2 Å². The first-order valence-electron chi connectivity index (χ1n) is 8.55. The number of hydrogen-bond acceptors (Lipinski definition) is 2. The van der Waals surface area contributed by atoms with E-state index in [1.807, 2.05) is 36.9 Å². The molecule has 0 N–H and O–H groups in total. The van der Waals surface area contributed by atoms with Crippen LogP contribution in [0.25, 0.3) is 0 Å². The molecule has 0 saturated carbocycles. The molecule has 0 aliphatic carbocycles. The summed E-state index contributed by atoms with van der Waals surface area (Å²) in [4.78, 5) is 16.4. The molecular formula is C20H21F3N2O. The SMILES string of the molecule is Cc1cccc(C(=O)N2CCN(c3cccc(C(F)(F)F)c3)CC2)c1C. The van der Waals surface area contributed by atoms with Crippen LogP contribution in [0.1, 0.15) is 27.0 Å². The Labute approximate surface area is 151 Å². The van der Waals surface area contributed by atoms with Crippen molar-refractivity contribution in [2.75, 3.05) is 31.1 Å². The molecule has 1 aliphatic rings. The third-order valence-corrected chi connectivity index (χ3v) is 4.94. The summed E-state index contributed by atoms with van der Waals surface area (Å²) in [5, 5.41) is 0. The van der Waals surface area contributed by atoms with Gasteiger partial charge in [0, 0.05) is 37.4 Å². The number of rotatable bonds is 2. The Balaban J connectivity index is 1.70. The summed E-state index contributed by atoms with van der Waals surface area (Å²) in [5.41, 5.74) is 2.62. The van der Waals surface area contributed by atoms with Crippen LogP contribution >= 0.6 is 0 Å². The zero-order valence-corrected chi connectivity index (χ0v) is 14.8. The maximum absolute atomic E-state index is 12.9. The molecule has 1 amide bonds. The average Bonchev–Trinajstić information content (AvgIpc) is 2.63. The normalized spacial score (nSPS) is 15.3. The summed E-state index contributed by atoms with van der Waals surface area (Å²) in [7, 11) is 0. The summed E-state index contributed by atoms with van der Waals surface area (Å²) in [6.07, 6.45) is -4.35. The highest BCUT2D eigenvalue weighted by Gasteiger charge is 2.31. The highest BCUT2D eigenvalue weighted by Crippen LogP contribution is 2.32. The zero-order chi connectivity index (χ0) is 18.9. The van der Waals surface area contributed by atoms with Crippen LogP contribution in [0.5, 0.6) is 0 Å². The second-order valence-corrected chi connectivity index (χ2v) is 6.57. The summed E-state index contributed by atoms with van der Waals surface area (Å²) < 4.78 is 38.7. The number of anilines is 1. The predicted molar refractivity (Wildman–Crippen MR) is 95.5 cm³/mol. The summed E-state index contributed by atoms with van der Waals surface area (Å²) in [6.45, 7) is 5.90. The van der Waals surface area contributed by atoms with Crippen molar-refractivity contribution in [3.8, 4) is 0 Å². The van der Waals surface area contributed by atoms with Crippen LogP contribution in [0.15, 0.2) is 42.5 Å². The molecule has 1 aliphatic heterocycles. The first-order valence-corrected chi connectivity index (χ1v) is 8.55. The lowest BCUT2D eigenvalue weighted by atomic mass is 10.0. The number of nitrogens with zero attached hydrogens (tertiary/aromatic N) is 2. The van der Waals surface area contributed by atoms with Crippen LogP contribution in [0.2, 0.25) is 0 Å². The van der Waals surface area contributed by atoms with Crippen LogP contribution in [0.3, 0.4) is 0 Å². The molecule has 0 aromatic heterocycles. The fourth-order valence-corrected chi connectivity index (χ4v) is 3.20. The van der Waals surface area contributed by atoms with Gasteiger partial charge >= 0.3 is 6.18 Å². The first-order chi connectivity index (χ1) is 12.3. The summed E-state index contributed by atoms with van der Waals surface area (Å²) in [6, 6.07) is 11.0. The molecule has 0 atom stereocenters. The lowest BCUT2D eigenvalue weighted by molar-refractivity contribution is -0.137. The molecule has 0 spiro atoms. The molecule has 6 heteroatoms. The van der Waals surface area contributed by atoms with Crippen molar-refractivity contribution in [2.24, 2.45) is 0 Å². The molecule has 1 fully saturated rings. The van der Waals surface area contributed by atoms with Gasteiger partial charge in [-0.3, -0.25) is 4.79 Å². The monoisotopic (exact) mass is 362 g/mol. The van der Waals surface area contributed by atoms with Crippen LogP contribution < -0.4 is 4.90 Å². The molecule has 0 bridgehead atoms. The Hall–Kier alpha value is -2.50. The molecule has 1 saturated heterocycles. The molecule has 3 rings (SSSR count). The minimum absolute atomic E-state index is 0.0186. The van der Waals surface area contributed by atoms with Gasteiger partial charge in [-0.05, 0) is 49.2 Å². The number of amides is 1. The van der Waals surface area contributed by atoms with Crippen LogP contribution in [-0.2, 0) is 6.18 Å². The highest BCUT2D eigenvalue weighted by molar-refractivity contribution is 5.96. The van der Waals surface area contributed by atoms with Gasteiger partial charge in [-0.2, -0.15) is 13.2 Å². The lowest BCUT2D eigenvalue weighted by Gasteiger charge is -2.36. The van der Waals surface area contributed by atoms with Gasteiger partial charge in [0.1, 0.15) is 0 Å². The average molecular weight is 362 g/mol. The van der Waals surface area contributed by atoms with Crippen LogP contribution in [-0.4, -0.2) is 37.0 Å². The fraction of sp³-hybridized carbons (Fsp3) is 0.350. The van der Waals surface area contributed by atoms with Gasteiger partial charge in [0.15, 0.2) is 0 Å². The highest BCUT2D eigenvalue weighted by atomic mass is 19.4. The Kier molecular flexibility index (Phi) is 4.94. The van der Waals surface area contributed by atoms with E-state index in [-0.39, 0.29) is 5.91 Å². The van der Waals surface area contributed by atoms with Crippen molar-refractivity contribution in [1.82, 2.24) is 4.90 Å². The van der Waals surface area contributed by atoms with Gasteiger partial charge < -0.3 is 9.80 Å². The van der Waals surface area contributed by atoms with Gasteiger partial charge in [-0.25, -0.2) is 0 Å². The number of halogens is 3. The smallest absolute Gasteiger partial charge is 0.368 e. The van der Waals surface area contributed by atoms with Gasteiger partial charge in [0.2, 0.25) is 0 Å². The summed E-state index contributed by atoms with van der Waals surface area (Å²) >= 11 is 0. The fourth-order valence-electron chi connectivity index (χ4n) is 3.20. The summed E-state index contributed by atoms with van der Waals surface area (Å²) in [5.74, 6) is -0.0186. The van der Waals surface area contributed by atoms with Crippen molar-refractivity contribution in [3.05, 3.63) is 64.7 Å². The molecule has 2 aromatic rings. The van der Waals surface area contributed by atoms with E-state index in [1.165, 1.54) is 12.1 Å². The number of benzene rings is 2. The molecule has 26 heavy (non-hydrogen) atoms. The van der Waals surface area contributed by atoms with Crippen molar-refractivity contribution in [2.45, 2.75) is 20.0 Å². The maximum Gasteiger partial charge on any atom is 0.416 e. The molecule has 138 valence electrons. The second kappa shape index (κ2) is 7.02. The van der Waals surface area contributed by atoms with E-state index in [2.05, 4.69) is 0 Å². The number of aryl methyl sites for hydroxylation is 1. The molecule has 2 aromatic carbocycles. The minimum atomic E-state index is -4.35. The molecule has 0 radical (unpaired) electrons. The Bertz CT molecular complexity index is 809. The van der Waals surface area contributed by atoms with E-state index in [9.17, 15) is 18.0 Å². The Morgan fingerprint density at radius 2 is 1.62 bits per heavy atom. The van der Waals surface area contributed by atoms with E-state index in [1.54, 1.807) is 11.0 Å². The van der Waals surface area contributed by atoms with Crippen molar-refractivity contribution >= 4 is 11.6 Å². The lowest BCUT2D eigenvalue weighted by Crippen LogP contribution is -2.49. The molecule has 0 unspecified atom stereocenters. The third kappa shape index (κ3) is 3.69. The topological polar surface area (TPSA) is 23.6 Å². The molecular weight excluding hydrogens is 341 g/mol. The minimum Gasteiger partial charge on any atom is -0.368 e. The van der Waals surface area contributed by atoms with Crippen LogP contribution in [0.4, 0.5) is 18.9 Å². The Morgan fingerprint density at radius 1 is 0.962 bits per heavy atom. The maximum atomic E-state index is 12.9. The van der Waals surface area contributed by atoms with Crippen molar-refractivity contribution in [3.63, 3.8) is 0 Å². The van der Waals surface area contributed by atoms with E-state index >= 15 is 0 Å². The number of alkyl halides is 3.